The number of ether oxygens (including phenoxy) is 1. The Labute approximate surface area is 81.4 Å². The molecule has 1 aromatic heterocycles. The summed E-state index contributed by atoms with van der Waals surface area (Å²) in [6.07, 6.45) is 0. The second kappa shape index (κ2) is 5.69. The van der Waals surface area contributed by atoms with Crippen LogP contribution in [0.5, 0.6) is 0 Å². The van der Waals surface area contributed by atoms with E-state index >= 15 is 0 Å². The quantitative estimate of drug-likeness (QED) is 0.245. The molecule has 13 heavy (non-hydrogen) atoms. The minimum Gasteiger partial charge on any atom is -0.383 e. The van der Waals surface area contributed by atoms with Crippen LogP contribution in [0.4, 0.5) is 0 Å². The number of aliphatic imine (C=N–C) groups is 1. The van der Waals surface area contributed by atoms with Crippen molar-refractivity contribution in [2.24, 2.45) is 10.8 Å². The Bertz CT molecular complexity index is 258. The fourth-order valence-corrected chi connectivity index (χ4v) is 1.55. The van der Waals surface area contributed by atoms with Gasteiger partial charge in [0, 0.05) is 7.11 Å². The van der Waals surface area contributed by atoms with Crippen LogP contribution in [0.25, 0.3) is 0 Å². The number of hydrogen-bond acceptors (Lipinski definition) is 4. The van der Waals surface area contributed by atoms with Gasteiger partial charge in [0.15, 0.2) is 5.84 Å². The summed E-state index contributed by atoms with van der Waals surface area (Å²) in [5.74, 6) is 6.05. The van der Waals surface area contributed by atoms with E-state index in [1.165, 1.54) is 0 Å². The molecule has 3 N–H and O–H groups in total. The summed E-state index contributed by atoms with van der Waals surface area (Å²) in [6, 6.07) is 3.93. The van der Waals surface area contributed by atoms with Gasteiger partial charge in [-0.25, -0.2) is 5.84 Å². The number of rotatable bonds is 4. The zero-order chi connectivity index (χ0) is 9.52. The molecule has 0 unspecified atom stereocenters. The third-order valence-electron chi connectivity index (χ3n) is 1.46. The maximum Gasteiger partial charge on any atom is 0.152 e. The summed E-state index contributed by atoms with van der Waals surface area (Å²) in [4.78, 5) is 5.28. The first-order valence-corrected chi connectivity index (χ1v) is 4.80. The highest BCUT2D eigenvalue weighted by Crippen LogP contribution is 2.08. The molecule has 5 heteroatoms. The first-order chi connectivity index (χ1) is 6.38. The topological polar surface area (TPSA) is 59.6 Å². The van der Waals surface area contributed by atoms with Gasteiger partial charge in [-0.15, -0.1) is 11.3 Å². The Balaban J connectivity index is 2.57. The van der Waals surface area contributed by atoms with E-state index in [2.05, 4.69) is 10.4 Å². The first kappa shape index (κ1) is 10.2. The molecule has 0 radical (unpaired) electrons. The third kappa shape index (κ3) is 3.14. The van der Waals surface area contributed by atoms with Gasteiger partial charge >= 0.3 is 0 Å². The van der Waals surface area contributed by atoms with Crippen LogP contribution in [0.1, 0.15) is 4.88 Å². The van der Waals surface area contributed by atoms with Gasteiger partial charge in [0.25, 0.3) is 0 Å². The van der Waals surface area contributed by atoms with Gasteiger partial charge in [-0.3, -0.25) is 4.99 Å². The highest BCUT2D eigenvalue weighted by atomic mass is 32.1. The third-order valence-corrected chi connectivity index (χ3v) is 2.33. The Morgan fingerprint density at radius 3 is 3.15 bits per heavy atom. The Kier molecular flexibility index (Phi) is 4.45. The molecular weight excluding hydrogens is 186 g/mol. The molecular formula is C8H13N3OS. The summed E-state index contributed by atoms with van der Waals surface area (Å²) >= 11 is 1.60. The van der Waals surface area contributed by atoms with E-state index in [9.17, 15) is 0 Å². The van der Waals surface area contributed by atoms with Crippen molar-refractivity contribution in [3.05, 3.63) is 22.4 Å². The van der Waals surface area contributed by atoms with Gasteiger partial charge in [-0.1, -0.05) is 6.07 Å². The zero-order valence-electron chi connectivity index (χ0n) is 7.49. The summed E-state index contributed by atoms with van der Waals surface area (Å²) in [5, 5.41) is 1.98. The lowest BCUT2D eigenvalue weighted by Gasteiger charge is -2.02. The Morgan fingerprint density at radius 1 is 1.77 bits per heavy atom. The lowest BCUT2D eigenvalue weighted by atomic mass is 10.4. The van der Waals surface area contributed by atoms with Crippen LogP contribution >= 0.6 is 11.3 Å². The van der Waals surface area contributed by atoms with E-state index in [1.807, 2.05) is 17.5 Å². The van der Waals surface area contributed by atoms with E-state index in [-0.39, 0.29) is 0 Å². The maximum atomic E-state index is 5.33. The lowest BCUT2D eigenvalue weighted by Crippen LogP contribution is -2.30. The first-order valence-electron chi connectivity index (χ1n) is 3.92. The molecule has 0 saturated heterocycles. The number of nitrogens with zero attached hydrogens (tertiary/aromatic N) is 1. The number of thiophene rings is 1. The van der Waals surface area contributed by atoms with Crippen molar-refractivity contribution in [2.45, 2.75) is 0 Å². The molecule has 1 rings (SSSR count). The predicted octanol–water partition coefficient (Wildman–Crippen LogP) is 0.604. The molecule has 72 valence electrons. The average molecular weight is 199 g/mol. The zero-order valence-corrected chi connectivity index (χ0v) is 8.30. The molecule has 4 nitrogen and oxygen atoms in total. The number of nitrogens with two attached hydrogens (primary N) is 1. The Hall–Kier alpha value is -0.910. The van der Waals surface area contributed by atoms with E-state index in [0.29, 0.717) is 19.0 Å². The number of hydrazine groups is 1. The molecule has 0 bridgehead atoms. The SMILES string of the molecule is COCCN=C(NN)c1cccs1. The number of nitrogens with one attached hydrogen (secondary N) is 1. The van der Waals surface area contributed by atoms with Gasteiger partial charge in [0.1, 0.15) is 0 Å². The van der Waals surface area contributed by atoms with E-state index in [1.54, 1.807) is 18.4 Å². The molecule has 0 aliphatic carbocycles. The summed E-state index contributed by atoms with van der Waals surface area (Å²) in [5.41, 5.74) is 2.57. The van der Waals surface area contributed by atoms with Crippen molar-refractivity contribution in [1.29, 1.82) is 0 Å². The van der Waals surface area contributed by atoms with Gasteiger partial charge < -0.3 is 10.2 Å². The van der Waals surface area contributed by atoms with Crippen molar-refractivity contribution < 1.29 is 4.74 Å². The smallest absolute Gasteiger partial charge is 0.152 e. The second-order valence-electron chi connectivity index (χ2n) is 2.34. The van der Waals surface area contributed by atoms with Crippen LogP contribution in [0.15, 0.2) is 22.5 Å². The van der Waals surface area contributed by atoms with Crippen LogP contribution in [-0.2, 0) is 4.74 Å². The van der Waals surface area contributed by atoms with E-state index in [4.69, 9.17) is 10.6 Å². The molecule has 0 aliphatic rings. The number of amidine groups is 1. The predicted molar refractivity (Wildman–Crippen MR) is 54.9 cm³/mol. The fourth-order valence-electron chi connectivity index (χ4n) is 0.857. The summed E-state index contributed by atoms with van der Waals surface area (Å²) in [7, 11) is 1.65. The maximum absolute atomic E-state index is 5.33. The molecule has 0 aromatic carbocycles. The van der Waals surface area contributed by atoms with E-state index in [0.717, 1.165) is 4.88 Å². The van der Waals surface area contributed by atoms with Crippen molar-refractivity contribution in [3.8, 4) is 0 Å². The molecule has 0 spiro atoms. The lowest BCUT2D eigenvalue weighted by molar-refractivity contribution is 0.208. The molecule has 0 amide bonds. The van der Waals surface area contributed by atoms with Crippen molar-refractivity contribution in [2.75, 3.05) is 20.3 Å². The van der Waals surface area contributed by atoms with Crippen molar-refractivity contribution >= 4 is 17.2 Å². The molecule has 1 aromatic rings. The molecule has 0 atom stereocenters. The second-order valence-corrected chi connectivity index (χ2v) is 3.29. The highest BCUT2D eigenvalue weighted by molar-refractivity contribution is 7.12. The molecule has 0 fully saturated rings. The van der Waals surface area contributed by atoms with Crippen LogP contribution in [-0.4, -0.2) is 26.1 Å². The van der Waals surface area contributed by atoms with Gasteiger partial charge in [-0.2, -0.15) is 0 Å². The standard InChI is InChI=1S/C8H13N3OS/c1-12-5-4-10-8(11-9)7-3-2-6-13-7/h2-3,6H,4-5,9H2,1H3,(H,10,11). The van der Waals surface area contributed by atoms with Crippen molar-refractivity contribution in [3.63, 3.8) is 0 Å². The molecule has 1 heterocycles. The molecule has 0 saturated carbocycles. The monoisotopic (exact) mass is 199 g/mol. The number of methoxy groups -OCH3 is 1. The minimum absolute atomic E-state index is 0.608. The summed E-state index contributed by atoms with van der Waals surface area (Å²) < 4.78 is 4.88. The van der Waals surface area contributed by atoms with Crippen LogP contribution < -0.4 is 11.3 Å². The van der Waals surface area contributed by atoms with Crippen LogP contribution in [0.2, 0.25) is 0 Å². The average Bonchev–Trinajstić information content (AvgIpc) is 2.65. The fraction of sp³-hybridized carbons (Fsp3) is 0.375. The summed E-state index contributed by atoms with van der Waals surface area (Å²) in [6.45, 7) is 1.23. The van der Waals surface area contributed by atoms with Crippen LogP contribution in [0.3, 0.4) is 0 Å². The van der Waals surface area contributed by atoms with Crippen molar-refractivity contribution in [1.82, 2.24) is 5.43 Å². The number of hydrogen-bond donors (Lipinski definition) is 2. The van der Waals surface area contributed by atoms with Crippen LogP contribution in [0, 0.1) is 0 Å². The van der Waals surface area contributed by atoms with Gasteiger partial charge in [0.2, 0.25) is 0 Å². The highest BCUT2D eigenvalue weighted by Gasteiger charge is 2.00. The molecule has 0 aliphatic heterocycles. The van der Waals surface area contributed by atoms with Gasteiger partial charge in [-0.05, 0) is 11.4 Å². The largest absolute Gasteiger partial charge is 0.383 e. The Morgan fingerprint density at radius 2 is 2.62 bits per heavy atom. The minimum atomic E-state index is 0.608. The normalized spacial score (nSPS) is 11.7. The van der Waals surface area contributed by atoms with Gasteiger partial charge in [0.05, 0.1) is 18.0 Å². The van der Waals surface area contributed by atoms with E-state index < -0.39 is 0 Å².